The molecular formula is C29H33F2N9O. The number of likely N-dealkylation sites (N-methyl/N-ethyl adjacent to an activating group) is 1. The number of imidazole rings is 1. The van der Waals surface area contributed by atoms with Gasteiger partial charge in [-0.25, -0.2) is 23.4 Å². The van der Waals surface area contributed by atoms with Crippen LogP contribution in [0.2, 0.25) is 0 Å². The standard InChI is InChI=1S/C29H33F2N9O/c1-17(2)26-27-23(38(5)28(36-27)39-10-9-37(4)15-29(30,31)16-39)12-25(35-26)40-22-11-21(34-18(3)19(22)14-33-40)20-13-32-8-7-24(20)41-6/h7-8,11-14,17H,9-10,15-16H2,1-6H3. The van der Waals surface area contributed by atoms with Crippen molar-refractivity contribution in [2.45, 2.75) is 32.6 Å². The molecule has 0 amide bonds. The summed E-state index contributed by atoms with van der Waals surface area (Å²) in [6.07, 6.45) is 5.20. The molecule has 214 valence electrons. The van der Waals surface area contributed by atoms with Crippen molar-refractivity contribution in [2.75, 3.05) is 45.2 Å². The number of methoxy groups -OCH3 is 1. The molecule has 0 N–H and O–H groups in total. The highest BCUT2D eigenvalue weighted by Crippen LogP contribution is 2.34. The third-order valence-corrected chi connectivity index (χ3v) is 7.62. The second-order valence-electron chi connectivity index (χ2n) is 11.0. The van der Waals surface area contributed by atoms with Crippen LogP contribution in [0.3, 0.4) is 0 Å². The maximum Gasteiger partial charge on any atom is 0.277 e. The lowest BCUT2D eigenvalue weighted by Gasteiger charge is -2.24. The van der Waals surface area contributed by atoms with E-state index in [4.69, 9.17) is 24.8 Å². The molecular weight excluding hydrogens is 528 g/mol. The van der Waals surface area contributed by atoms with Crippen LogP contribution in [-0.2, 0) is 7.05 Å². The van der Waals surface area contributed by atoms with Crippen molar-refractivity contribution in [3.8, 4) is 22.8 Å². The van der Waals surface area contributed by atoms with E-state index in [0.717, 1.165) is 33.4 Å². The first-order chi connectivity index (χ1) is 19.6. The van der Waals surface area contributed by atoms with Crippen LogP contribution in [-0.4, -0.2) is 85.4 Å². The fourth-order valence-electron chi connectivity index (χ4n) is 5.57. The highest BCUT2D eigenvalue weighted by molar-refractivity contribution is 5.88. The average Bonchev–Trinajstić information content (AvgIpc) is 3.47. The van der Waals surface area contributed by atoms with Crippen LogP contribution in [0, 0.1) is 6.92 Å². The summed E-state index contributed by atoms with van der Waals surface area (Å²) in [5, 5.41) is 5.59. The van der Waals surface area contributed by atoms with E-state index >= 15 is 0 Å². The topological polar surface area (TPSA) is 90.0 Å². The van der Waals surface area contributed by atoms with E-state index < -0.39 is 5.92 Å². The molecule has 0 aliphatic carbocycles. The second-order valence-corrected chi connectivity index (χ2v) is 11.0. The minimum atomic E-state index is -2.85. The lowest BCUT2D eigenvalue weighted by molar-refractivity contribution is -0.00957. The Morgan fingerprint density at radius 3 is 2.56 bits per heavy atom. The summed E-state index contributed by atoms with van der Waals surface area (Å²) in [5.74, 6) is -1.01. The third-order valence-electron chi connectivity index (χ3n) is 7.62. The van der Waals surface area contributed by atoms with Crippen LogP contribution >= 0.6 is 0 Å². The summed E-state index contributed by atoms with van der Waals surface area (Å²) in [5.41, 5.74) is 5.42. The number of aromatic nitrogens is 7. The van der Waals surface area contributed by atoms with Crippen molar-refractivity contribution in [1.29, 1.82) is 0 Å². The average molecular weight is 562 g/mol. The summed E-state index contributed by atoms with van der Waals surface area (Å²) >= 11 is 0. The third kappa shape index (κ3) is 4.75. The number of rotatable bonds is 5. The molecule has 1 saturated heterocycles. The number of aryl methyl sites for hydroxylation is 2. The molecule has 5 aromatic rings. The molecule has 6 heterocycles. The number of nitrogens with zero attached hydrogens (tertiary/aromatic N) is 9. The zero-order valence-electron chi connectivity index (χ0n) is 24.1. The summed E-state index contributed by atoms with van der Waals surface area (Å²) in [6, 6.07) is 5.68. The minimum Gasteiger partial charge on any atom is -0.496 e. The first-order valence-electron chi connectivity index (χ1n) is 13.6. The number of hydrogen-bond acceptors (Lipinski definition) is 8. The molecule has 0 saturated carbocycles. The van der Waals surface area contributed by atoms with Gasteiger partial charge in [0.2, 0.25) is 5.95 Å². The minimum absolute atomic E-state index is 0.0392. The number of fused-ring (bicyclic) bond motifs is 2. The van der Waals surface area contributed by atoms with Crippen molar-refractivity contribution in [1.82, 2.24) is 39.2 Å². The van der Waals surface area contributed by atoms with E-state index in [9.17, 15) is 8.78 Å². The van der Waals surface area contributed by atoms with Crippen molar-refractivity contribution >= 4 is 27.9 Å². The Balaban J connectivity index is 1.51. The number of halogens is 2. The molecule has 0 aromatic carbocycles. The SMILES string of the molecule is COc1ccncc1-c1cc2c(cnn2-c2cc3c(nc(N4CCN(C)CC(F)(F)C4)n3C)c(C(C)C)n2)c(C)n1. The van der Waals surface area contributed by atoms with Gasteiger partial charge in [-0.15, -0.1) is 0 Å². The fraction of sp³-hybridized carbons (Fsp3) is 0.414. The normalized spacial score (nSPS) is 16.2. The highest BCUT2D eigenvalue weighted by Gasteiger charge is 2.37. The zero-order valence-corrected chi connectivity index (χ0v) is 24.1. The van der Waals surface area contributed by atoms with Crippen molar-refractivity contribution in [2.24, 2.45) is 7.05 Å². The molecule has 1 aliphatic rings. The maximum absolute atomic E-state index is 14.7. The van der Waals surface area contributed by atoms with Crippen LogP contribution in [0.1, 0.15) is 31.2 Å². The summed E-state index contributed by atoms with van der Waals surface area (Å²) in [4.78, 5) is 22.3. The van der Waals surface area contributed by atoms with E-state index in [2.05, 4.69) is 18.8 Å². The van der Waals surface area contributed by atoms with Crippen molar-refractivity contribution in [3.05, 3.63) is 48.2 Å². The van der Waals surface area contributed by atoms with Gasteiger partial charge in [0.25, 0.3) is 5.92 Å². The first kappa shape index (κ1) is 27.0. The van der Waals surface area contributed by atoms with Crippen LogP contribution in [0.4, 0.5) is 14.7 Å². The molecule has 0 unspecified atom stereocenters. The van der Waals surface area contributed by atoms with E-state index in [1.165, 1.54) is 0 Å². The Morgan fingerprint density at radius 1 is 1.00 bits per heavy atom. The molecule has 0 radical (unpaired) electrons. The lowest BCUT2D eigenvalue weighted by Crippen LogP contribution is -2.39. The van der Waals surface area contributed by atoms with Crippen LogP contribution in [0.15, 0.2) is 36.8 Å². The fourth-order valence-corrected chi connectivity index (χ4v) is 5.57. The molecule has 1 aliphatic heterocycles. The Kier molecular flexibility index (Phi) is 6.60. The number of hydrogen-bond donors (Lipinski definition) is 0. The molecule has 0 bridgehead atoms. The Hall–Kier alpha value is -4.19. The molecule has 5 aromatic heterocycles. The number of anilines is 1. The smallest absolute Gasteiger partial charge is 0.277 e. The molecule has 12 heteroatoms. The van der Waals surface area contributed by atoms with Gasteiger partial charge in [-0.05, 0) is 32.0 Å². The Bertz CT molecular complexity index is 1760. The van der Waals surface area contributed by atoms with E-state index in [1.54, 1.807) is 53.3 Å². The first-order valence-corrected chi connectivity index (χ1v) is 13.6. The quantitative estimate of drug-likeness (QED) is 0.308. The van der Waals surface area contributed by atoms with Gasteiger partial charge in [0.05, 0.1) is 54.4 Å². The lowest BCUT2D eigenvalue weighted by atomic mass is 10.1. The van der Waals surface area contributed by atoms with Crippen molar-refractivity contribution in [3.63, 3.8) is 0 Å². The maximum atomic E-state index is 14.7. The molecule has 0 atom stereocenters. The van der Waals surface area contributed by atoms with Gasteiger partial charge in [0.15, 0.2) is 5.82 Å². The van der Waals surface area contributed by atoms with Gasteiger partial charge >= 0.3 is 0 Å². The number of alkyl halides is 2. The van der Waals surface area contributed by atoms with Gasteiger partial charge in [0, 0.05) is 49.7 Å². The van der Waals surface area contributed by atoms with E-state index in [-0.39, 0.29) is 19.0 Å². The van der Waals surface area contributed by atoms with Gasteiger partial charge in [0.1, 0.15) is 11.3 Å². The van der Waals surface area contributed by atoms with E-state index in [0.29, 0.717) is 41.8 Å². The van der Waals surface area contributed by atoms with Crippen LogP contribution in [0.25, 0.3) is 39.0 Å². The largest absolute Gasteiger partial charge is 0.496 e. The van der Waals surface area contributed by atoms with Crippen molar-refractivity contribution < 1.29 is 13.5 Å². The van der Waals surface area contributed by atoms with Gasteiger partial charge in [-0.2, -0.15) is 5.10 Å². The van der Waals surface area contributed by atoms with Gasteiger partial charge in [-0.3, -0.25) is 14.9 Å². The van der Waals surface area contributed by atoms with Gasteiger partial charge in [-0.1, -0.05) is 13.8 Å². The molecule has 0 spiro atoms. The summed E-state index contributed by atoms with van der Waals surface area (Å²) in [7, 11) is 5.21. The van der Waals surface area contributed by atoms with Crippen LogP contribution in [0.5, 0.6) is 5.75 Å². The predicted molar refractivity (Wildman–Crippen MR) is 154 cm³/mol. The summed E-state index contributed by atoms with van der Waals surface area (Å²) in [6.45, 7) is 6.37. The summed E-state index contributed by atoms with van der Waals surface area (Å²) < 4.78 is 38.7. The van der Waals surface area contributed by atoms with E-state index in [1.807, 2.05) is 30.7 Å². The van der Waals surface area contributed by atoms with Gasteiger partial charge < -0.3 is 14.2 Å². The van der Waals surface area contributed by atoms with Crippen LogP contribution < -0.4 is 9.64 Å². The Morgan fingerprint density at radius 2 is 1.80 bits per heavy atom. The molecule has 41 heavy (non-hydrogen) atoms. The molecule has 10 nitrogen and oxygen atoms in total. The second kappa shape index (κ2) is 10.0. The zero-order chi connectivity index (χ0) is 29.1. The molecule has 6 rings (SSSR count). The predicted octanol–water partition coefficient (Wildman–Crippen LogP) is 4.59. The molecule has 1 fully saturated rings. The monoisotopic (exact) mass is 561 g/mol. The number of ether oxygens (including phenoxy) is 1. The highest BCUT2D eigenvalue weighted by atomic mass is 19.3. The Labute approximate surface area is 236 Å². The number of pyridine rings is 3.